The monoisotopic (exact) mass is 312 g/mol. The maximum absolute atomic E-state index is 5.76. The van der Waals surface area contributed by atoms with Gasteiger partial charge in [0.1, 0.15) is 10.7 Å². The number of benzene rings is 1. The molecule has 2 N–H and O–H groups in total. The van der Waals surface area contributed by atoms with E-state index < -0.39 is 0 Å². The van der Waals surface area contributed by atoms with Crippen LogP contribution in [0.1, 0.15) is 11.3 Å². The van der Waals surface area contributed by atoms with Gasteiger partial charge in [-0.05, 0) is 24.7 Å². The summed E-state index contributed by atoms with van der Waals surface area (Å²) in [7, 11) is 2.04. The van der Waals surface area contributed by atoms with Crippen LogP contribution in [-0.4, -0.2) is 21.5 Å². The van der Waals surface area contributed by atoms with Gasteiger partial charge >= 0.3 is 0 Å². The smallest absolute Gasteiger partial charge is 0.132 e. The lowest BCUT2D eigenvalue weighted by Gasteiger charge is -2.15. The van der Waals surface area contributed by atoms with E-state index in [9.17, 15) is 0 Å². The zero-order chi connectivity index (χ0) is 12.3. The van der Waals surface area contributed by atoms with Crippen molar-refractivity contribution < 1.29 is 0 Å². The fraction of sp³-hybridized carbons (Fsp3) is 0.273. The maximum atomic E-state index is 5.76. The van der Waals surface area contributed by atoms with Gasteiger partial charge in [-0.1, -0.05) is 32.6 Å². The summed E-state index contributed by atoms with van der Waals surface area (Å²) < 4.78 is 4.92. The lowest BCUT2D eigenvalue weighted by Crippen LogP contribution is -2.18. The number of aromatic nitrogens is 2. The first-order chi connectivity index (χ1) is 8.15. The van der Waals surface area contributed by atoms with Gasteiger partial charge in [-0.2, -0.15) is 0 Å². The Morgan fingerprint density at radius 2 is 2.00 bits per heavy atom. The molecule has 0 atom stereocenters. The van der Waals surface area contributed by atoms with E-state index in [1.54, 1.807) is 0 Å². The van der Waals surface area contributed by atoms with Crippen LogP contribution in [0.2, 0.25) is 0 Å². The predicted molar refractivity (Wildman–Crippen MR) is 73.6 cm³/mol. The van der Waals surface area contributed by atoms with Gasteiger partial charge in [-0.15, -0.1) is 5.10 Å². The van der Waals surface area contributed by atoms with Crippen LogP contribution in [0.4, 0.5) is 5.00 Å². The van der Waals surface area contributed by atoms with Crippen molar-refractivity contribution in [3.63, 3.8) is 0 Å². The standard InChI is InChI=1S/C11H13BrN4S/c1-16(7-10-11(13)17-15-14-10)6-8-2-4-9(12)5-3-8/h2-5H,6-7,13H2,1H3. The second-order valence-corrected chi connectivity index (χ2v) is 5.58. The average Bonchev–Trinajstić information content (AvgIpc) is 2.68. The summed E-state index contributed by atoms with van der Waals surface area (Å²) >= 11 is 4.66. The molecule has 4 nitrogen and oxygen atoms in total. The normalized spacial score (nSPS) is 11.0. The van der Waals surface area contributed by atoms with E-state index in [4.69, 9.17) is 5.73 Å². The van der Waals surface area contributed by atoms with Crippen molar-refractivity contribution in [3.8, 4) is 0 Å². The summed E-state index contributed by atoms with van der Waals surface area (Å²) in [6.45, 7) is 1.59. The van der Waals surface area contributed by atoms with Crippen LogP contribution in [0.3, 0.4) is 0 Å². The van der Waals surface area contributed by atoms with E-state index in [-0.39, 0.29) is 0 Å². The van der Waals surface area contributed by atoms with E-state index in [2.05, 4.69) is 42.5 Å². The lowest BCUT2D eigenvalue weighted by molar-refractivity contribution is 0.315. The van der Waals surface area contributed by atoms with E-state index in [0.717, 1.165) is 23.3 Å². The van der Waals surface area contributed by atoms with Gasteiger partial charge in [-0.25, -0.2) is 0 Å². The number of anilines is 1. The molecule has 0 saturated carbocycles. The Morgan fingerprint density at radius 1 is 1.29 bits per heavy atom. The summed E-state index contributed by atoms with van der Waals surface area (Å²) in [4.78, 5) is 2.16. The number of nitrogen functional groups attached to an aromatic ring is 1. The van der Waals surface area contributed by atoms with Crippen molar-refractivity contribution in [2.45, 2.75) is 13.1 Å². The third-order valence-electron chi connectivity index (χ3n) is 2.37. The Morgan fingerprint density at radius 3 is 2.59 bits per heavy atom. The number of hydrogen-bond donors (Lipinski definition) is 1. The molecule has 0 spiro atoms. The van der Waals surface area contributed by atoms with Gasteiger partial charge < -0.3 is 5.73 Å². The molecule has 1 aromatic carbocycles. The number of halogens is 1. The van der Waals surface area contributed by atoms with Gasteiger partial charge in [0.2, 0.25) is 0 Å². The van der Waals surface area contributed by atoms with Crippen molar-refractivity contribution in [1.82, 2.24) is 14.5 Å². The minimum Gasteiger partial charge on any atom is -0.388 e. The number of rotatable bonds is 4. The Balaban J connectivity index is 1.95. The SMILES string of the molecule is CN(Cc1ccc(Br)cc1)Cc1nnsc1N. The molecule has 17 heavy (non-hydrogen) atoms. The van der Waals surface area contributed by atoms with Crippen LogP contribution in [0.5, 0.6) is 0 Å². The first kappa shape index (κ1) is 12.5. The first-order valence-corrected chi connectivity index (χ1v) is 6.71. The third kappa shape index (κ3) is 3.49. The summed E-state index contributed by atoms with van der Waals surface area (Å²) in [5.74, 6) is 0. The summed E-state index contributed by atoms with van der Waals surface area (Å²) in [5, 5.41) is 4.71. The van der Waals surface area contributed by atoms with E-state index in [1.165, 1.54) is 17.1 Å². The van der Waals surface area contributed by atoms with Crippen molar-refractivity contribution >= 4 is 32.5 Å². The molecule has 0 saturated heterocycles. The molecule has 0 aliphatic heterocycles. The van der Waals surface area contributed by atoms with Crippen LogP contribution >= 0.6 is 27.5 Å². The van der Waals surface area contributed by atoms with Gasteiger partial charge in [0.25, 0.3) is 0 Å². The minimum absolute atomic E-state index is 0.702. The zero-order valence-electron chi connectivity index (χ0n) is 9.43. The molecule has 1 heterocycles. The summed E-state index contributed by atoms with van der Waals surface area (Å²) in [6.07, 6.45) is 0. The van der Waals surface area contributed by atoms with Crippen LogP contribution in [0, 0.1) is 0 Å². The molecule has 0 unspecified atom stereocenters. The topological polar surface area (TPSA) is 55.0 Å². The third-order valence-corrected chi connectivity index (χ3v) is 3.49. The number of nitrogens with two attached hydrogens (primary N) is 1. The van der Waals surface area contributed by atoms with E-state index in [0.29, 0.717) is 5.00 Å². The molecule has 90 valence electrons. The van der Waals surface area contributed by atoms with Crippen LogP contribution < -0.4 is 5.73 Å². The van der Waals surface area contributed by atoms with Crippen LogP contribution in [0.25, 0.3) is 0 Å². The lowest BCUT2D eigenvalue weighted by atomic mass is 10.2. The molecule has 2 rings (SSSR count). The number of hydrogen-bond acceptors (Lipinski definition) is 5. The second kappa shape index (κ2) is 5.57. The fourth-order valence-electron chi connectivity index (χ4n) is 1.54. The largest absolute Gasteiger partial charge is 0.388 e. The molecule has 0 radical (unpaired) electrons. The second-order valence-electron chi connectivity index (χ2n) is 3.88. The van der Waals surface area contributed by atoms with E-state index in [1.807, 2.05) is 19.2 Å². The Bertz CT molecular complexity index is 482. The van der Waals surface area contributed by atoms with Crippen molar-refractivity contribution in [2.75, 3.05) is 12.8 Å². The summed E-state index contributed by atoms with van der Waals surface area (Å²) in [5.41, 5.74) is 7.88. The maximum Gasteiger partial charge on any atom is 0.132 e. The van der Waals surface area contributed by atoms with Gasteiger partial charge in [0, 0.05) is 29.1 Å². The molecule has 0 aliphatic carbocycles. The van der Waals surface area contributed by atoms with Crippen molar-refractivity contribution in [1.29, 1.82) is 0 Å². The van der Waals surface area contributed by atoms with Crippen molar-refractivity contribution in [2.24, 2.45) is 0 Å². The Labute approximate surface area is 113 Å². The van der Waals surface area contributed by atoms with Gasteiger partial charge in [0.05, 0.1) is 0 Å². The molecule has 6 heteroatoms. The van der Waals surface area contributed by atoms with Gasteiger partial charge in [0.15, 0.2) is 0 Å². The Kier molecular flexibility index (Phi) is 4.09. The predicted octanol–water partition coefficient (Wildman–Crippen LogP) is 2.51. The molecule has 1 aromatic heterocycles. The highest BCUT2D eigenvalue weighted by Crippen LogP contribution is 2.16. The van der Waals surface area contributed by atoms with Gasteiger partial charge in [-0.3, -0.25) is 4.90 Å². The molecule has 0 aliphatic rings. The highest BCUT2D eigenvalue weighted by Gasteiger charge is 2.08. The molecule has 0 fully saturated rings. The molecule has 0 bridgehead atoms. The minimum atomic E-state index is 0.702. The average molecular weight is 313 g/mol. The fourth-order valence-corrected chi connectivity index (χ4v) is 2.24. The quantitative estimate of drug-likeness (QED) is 0.942. The first-order valence-electron chi connectivity index (χ1n) is 5.15. The molecule has 0 amide bonds. The van der Waals surface area contributed by atoms with Crippen molar-refractivity contribution in [3.05, 3.63) is 40.0 Å². The molecular weight excluding hydrogens is 300 g/mol. The zero-order valence-corrected chi connectivity index (χ0v) is 11.8. The highest BCUT2D eigenvalue weighted by molar-refractivity contribution is 9.10. The summed E-state index contributed by atoms with van der Waals surface area (Å²) in [6, 6.07) is 8.29. The van der Waals surface area contributed by atoms with Crippen LogP contribution in [0.15, 0.2) is 28.7 Å². The highest BCUT2D eigenvalue weighted by atomic mass is 79.9. The Hall–Kier alpha value is -0.980. The van der Waals surface area contributed by atoms with E-state index >= 15 is 0 Å². The van der Waals surface area contributed by atoms with Crippen LogP contribution in [-0.2, 0) is 13.1 Å². The number of nitrogens with zero attached hydrogens (tertiary/aromatic N) is 3. The molecular formula is C11H13BrN4S. The molecule has 2 aromatic rings.